The van der Waals surface area contributed by atoms with Crippen LogP contribution in [0.5, 0.6) is 11.5 Å². The summed E-state index contributed by atoms with van der Waals surface area (Å²) in [4.78, 5) is 14.0. The van der Waals surface area contributed by atoms with Gasteiger partial charge in [-0.2, -0.15) is 8.42 Å². The highest BCUT2D eigenvalue weighted by Crippen LogP contribution is 2.32. The van der Waals surface area contributed by atoms with E-state index in [-0.39, 0.29) is 12.5 Å². The Kier molecular flexibility index (Phi) is 5.33. The van der Waals surface area contributed by atoms with Crippen LogP contribution in [0.1, 0.15) is 0 Å². The quantitative estimate of drug-likeness (QED) is 0.527. The summed E-state index contributed by atoms with van der Waals surface area (Å²) in [5.41, 5.74) is 0.557. The number of halogens is 1. The van der Waals surface area contributed by atoms with Crippen molar-refractivity contribution < 1.29 is 31.3 Å². The topological polar surface area (TPSA) is 82.1 Å². The van der Waals surface area contributed by atoms with Crippen molar-refractivity contribution in [2.24, 2.45) is 0 Å². The minimum absolute atomic E-state index is 0.261. The number of carbonyl (C=O) groups is 1. The summed E-state index contributed by atoms with van der Waals surface area (Å²) in [5, 5.41) is 0. The van der Waals surface area contributed by atoms with Crippen LogP contribution in [0.25, 0.3) is 0 Å². The van der Waals surface area contributed by atoms with Gasteiger partial charge in [0.05, 0.1) is 20.0 Å². The standard InChI is InChI=1S/C18H18FNO6S/c1-24-14-9-5-13(6-10-14)20-16(11-25-27(2,22)23)17(18(20)21)26-15-7-3-12(19)4-8-15/h3-10,16-17H,11H2,1-2H3/t16-,17+/m0/s1. The van der Waals surface area contributed by atoms with E-state index in [0.717, 1.165) is 6.26 Å². The molecular formula is C18H18FNO6S. The molecular weight excluding hydrogens is 377 g/mol. The van der Waals surface area contributed by atoms with E-state index >= 15 is 0 Å². The minimum Gasteiger partial charge on any atom is -0.497 e. The number of hydrogen-bond donors (Lipinski definition) is 0. The van der Waals surface area contributed by atoms with Crippen LogP contribution in [0.3, 0.4) is 0 Å². The van der Waals surface area contributed by atoms with E-state index < -0.39 is 28.1 Å². The summed E-state index contributed by atoms with van der Waals surface area (Å²) in [5.74, 6) is 0.133. The van der Waals surface area contributed by atoms with Crippen LogP contribution in [0.4, 0.5) is 10.1 Å². The van der Waals surface area contributed by atoms with E-state index in [1.807, 2.05) is 0 Å². The number of hydrogen-bond acceptors (Lipinski definition) is 6. The summed E-state index contributed by atoms with van der Waals surface area (Å²) in [6.45, 7) is -0.261. The Labute approximate surface area is 156 Å². The molecule has 0 radical (unpaired) electrons. The van der Waals surface area contributed by atoms with Crippen LogP contribution < -0.4 is 14.4 Å². The Morgan fingerprint density at radius 1 is 1.04 bits per heavy atom. The van der Waals surface area contributed by atoms with E-state index in [9.17, 15) is 17.6 Å². The normalized spacial score (nSPS) is 19.5. The third-order valence-electron chi connectivity index (χ3n) is 4.04. The van der Waals surface area contributed by atoms with E-state index in [1.54, 1.807) is 24.3 Å². The highest BCUT2D eigenvalue weighted by atomic mass is 32.2. The summed E-state index contributed by atoms with van der Waals surface area (Å²) >= 11 is 0. The molecule has 1 aliphatic rings. The van der Waals surface area contributed by atoms with Gasteiger partial charge in [-0.1, -0.05) is 0 Å². The van der Waals surface area contributed by atoms with Crippen molar-refractivity contribution in [2.45, 2.75) is 12.1 Å². The third kappa shape index (κ3) is 4.37. The van der Waals surface area contributed by atoms with Crippen LogP contribution in [-0.2, 0) is 19.1 Å². The van der Waals surface area contributed by atoms with Crippen molar-refractivity contribution in [1.29, 1.82) is 0 Å². The van der Waals surface area contributed by atoms with Gasteiger partial charge in [0.2, 0.25) is 6.10 Å². The largest absolute Gasteiger partial charge is 0.497 e. The van der Waals surface area contributed by atoms with E-state index in [4.69, 9.17) is 13.7 Å². The first kappa shape index (κ1) is 19.1. The lowest BCUT2D eigenvalue weighted by Gasteiger charge is -2.45. The maximum Gasteiger partial charge on any atom is 0.270 e. The van der Waals surface area contributed by atoms with Gasteiger partial charge in [0, 0.05) is 5.69 Å². The Balaban J connectivity index is 1.81. The average molecular weight is 395 g/mol. The monoisotopic (exact) mass is 395 g/mol. The van der Waals surface area contributed by atoms with Gasteiger partial charge in [0.25, 0.3) is 16.0 Å². The van der Waals surface area contributed by atoms with Crippen LogP contribution in [0, 0.1) is 5.82 Å². The van der Waals surface area contributed by atoms with E-state index in [0.29, 0.717) is 17.2 Å². The van der Waals surface area contributed by atoms with Crippen molar-refractivity contribution in [3.05, 3.63) is 54.3 Å². The van der Waals surface area contributed by atoms with Gasteiger partial charge in [-0.25, -0.2) is 4.39 Å². The summed E-state index contributed by atoms with van der Waals surface area (Å²) in [7, 11) is -2.17. The molecule has 9 heteroatoms. The van der Waals surface area contributed by atoms with Crippen LogP contribution in [-0.4, -0.2) is 46.4 Å². The summed E-state index contributed by atoms with van der Waals surface area (Å²) in [6, 6.07) is 11.3. The van der Waals surface area contributed by atoms with Gasteiger partial charge in [-0.15, -0.1) is 0 Å². The predicted octanol–water partition coefficient (Wildman–Crippen LogP) is 1.97. The summed E-state index contributed by atoms with van der Waals surface area (Å²) < 4.78 is 51.4. The Morgan fingerprint density at radius 3 is 2.19 bits per heavy atom. The number of benzene rings is 2. The maximum atomic E-state index is 13.0. The van der Waals surface area contributed by atoms with Gasteiger partial charge in [0.1, 0.15) is 23.4 Å². The molecule has 7 nitrogen and oxygen atoms in total. The molecule has 27 heavy (non-hydrogen) atoms. The lowest BCUT2D eigenvalue weighted by Crippen LogP contribution is -2.69. The highest BCUT2D eigenvalue weighted by molar-refractivity contribution is 7.85. The van der Waals surface area contributed by atoms with Crippen LogP contribution in [0.2, 0.25) is 0 Å². The average Bonchev–Trinajstić information content (AvgIpc) is 2.64. The van der Waals surface area contributed by atoms with E-state index in [2.05, 4.69) is 0 Å². The Bertz CT molecular complexity index is 914. The lowest BCUT2D eigenvalue weighted by molar-refractivity contribution is -0.135. The number of methoxy groups -OCH3 is 1. The number of nitrogens with zero attached hydrogens (tertiary/aromatic N) is 1. The summed E-state index contributed by atoms with van der Waals surface area (Å²) in [6.07, 6.45) is -0.0135. The zero-order chi connectivity index (χ0) is 19.6. The molecule has 0 N–H and O–H groups in total. The molecule has 0 spiro atoms. The minimum atomic E-state index is -3.69. The molecule has 0 bridgehead atoms. The van der Waals surface area contributed by atoms with Crippen molar-refractivity contribution in [1.82, 2.24) is 0 Å². The van der Waals surface area contributed by atoms with Crippen LogP contribution >= 0.6 is 0 Å². The second kappa shape index (κ2) is 7.53. The fourth-order valence-corrected chi connectivity index (χ4v) is 3.11. The maximum absolute atomic E-state index is 13.0. The van der Waals surface area contributed by atoms with Gasteiger partial charge >= 0.3 is 0 Å². The zero-order valence-electron chi connectivity index (χ0n) is 14.7. The third-order valence-corrected chi connectivity index (χ3v) is 4.61. The van der Waals surface area contributed by atoms with Gasteiger partial charge in [-0.3, -0.25) is 13.9 Å². The lowest BCUT2D eigenvalue weighted by atomic mass is 9.97. The van der Waals surface area contributed by atoms with E-state index in [1.165, 1.54) is 36.3 Å². The second-order valence-electron chi connectivity index (χ2n) is 5.95. The molecule has 1 amide bonds. The van der Waals surface area contributed by atoms with Crippen molar-refractivity contribution >= 4 is 21.7 Å². The van der Waals surface area contributed by atoms with Crippen LogP contribution in [0.15, 0.2) is 48.5 Å². The second-order valence-corrected chi connectivity index (χ2v) is 7.60. The molecule has 3 rings (SSSR count). The molecule has 0 unspecified atom stereocenters. The molecule has 1 heterocycles. The number of β-lactam (4-membered cyclic amide) rings is 1. The number of carbonyl (C=O) groups excluding carboxylic acids is 1. The molecule has 1 saturated heterocycles. The molecule has 0 aromatic heterocycles. The van der Waals surface area contributed by atoms with Gasteiger partial charge in [-0.05, 0) is 48.5 Å². The number of rotatable bonds is 7. The first-order chi connectivity index (χ1) is 12.8. The van der Waals surface area contributed by atoms with Crippen molar-refractivity contribution in [3.8, 4) is 11.5 Å². The molecule has 144 valence electrons. The Hall–Kier alpha value is -2.65. The highest BCUT2D eigenvalue weighted by Gasteiger charge is 2.50. The molecule has 0 saturated carbocycles. The molecule has 2 aromatic rings. The number of anilines is 1. The smallest absolute Gasteiger partial charge is 0.270 e. The van der Waals surface area contributed by atoms with Crippen molar-refractivity contribution in [3.63, 3.8) is 0 Å². The molecule has 2 aromatic carbocycles. The molecule has 1 aliphatic heterocycles. The zero-order valence-corrected chi connectivity index (χ0v) is 15.5. The molecule has 0 aliphatic carbocycles. The number of amides is 1. The van der Waals surface area contributed by atoms with Gasteiger partial charge in [0.15, 0.2) is 0 Å². The predicted molar refractivity (Wildman–Crippen MR) is 95.9 cm³/mol. The Morgan fingerprint density at radius 2 is 1.63 bits per heavy atom. The first-order valence-electron chi connectivity index (χ1n) is 8.02. The fraction of sp³-hybridized carbons (Fsp3) is 0.278. The number of ether oxygens (including phenoxy) is 2. The molecule has 2 atom stereocenters. The fourth-order valence-electron chi connectivity index (χ4n) is 2.72. The van der Waals surface area contributed by atoms with Crippen molar-refractivity contribution in [2.75, 3.05) is 24.9 Å². The first-order valence-corrected chi connectivity index (χ1v) is 9.84. The van der Waals surface area contributed by atoms with Gasteiger partial charge < -0.3 is 9.47 Å². The SMILES string of the molecule is COc1ccc(N2C(=O)[C@H](Oc3ccc(F)cc3)[C@@H]2COS(C)(=O)=O)cc1. The molecule has 1 fully saturated rings.